The van der Waals surface area contributed by atoms with Crippen LogP contribution in [-0.2, 0) is 16.1 Å². The van der Waals surface area contributed by atoms with Gasteiger partial charge in [-0.3, -0.25) is 0 Å². The van der Waals surface area contributed by atoms with Gasteiger partial charge in [-0.2, -0.15) is 0 Å². The average molecular weight is 194 g/mol. The van der Waals surface area contributed by atoms with Gasteiger partial charge in [0.1, 0.15) is 11.9 Å². The van der Waals surface area contributed by atoms with Crippen molar-refractivity contribution in [2.75, 3.05) is 11.9 Å². The molecule has 0 fully saturated rings. The molecule has 0 aliphatic carbocycles. The molecule has 1 aromatic rings. The van der Waals surface area contributed by atoms with Gasteiger partial charge >= 0.3 is 5.97 Å². The van der Waals surface area contributed by atoms with Gasteiger partial charge in [0.2, 0.25) is 0 Å². The number of aryl methyl sites for hydroxylation is 1. The highest BCUT2D eigenvalue weighted by molar-refractivity contribution is 5.79. The lowest BCUT2D eigenvalue weighted by atomic mass is 10.2. The lowest BCUT2D eigenvalue weighted by Crippen LogP contribution is -2.36. The average Bonchev–Trinajstić information content (AvgIpc) is 2.64. The minimum atomic E-state index is -0.183. The van der Waals surface area contributed by atoms with Crippen molar-refractivity contribution in [3.8, 4) is 0 Å². The number of carbonyl (C=O) groups excluding carboxylic acids is 1. The van der Waals surface area contributed by atoms with Gasteiger partial charge in [-0.1, -0.05) is 0 Å². The SMILES string of the molecule is CCOC(=O)C1CCn2cccc2N1. The van der Waals surface area contributed by atoms with Gasteiger partial charge in [-0.05, 0) is 25.5 Å². The van der Waals surface area contributed by atoms with Crippen molar-refractivity contribution in [2.45, 2.75) is 25.9 Å². The summed E-state index contributed by atoms with van der Waals surface area (Å²) >= 11 is 0. The van der Waals surface area contributed by atoms with Crippen LogP contribution in [0, 0.1) is 0 Å². The van der Waals surface area contributed by atoms with Crippen LogP contribution >= 0.6 is 0 Å². The van der Waals surface area contributed by atoms with Crippen molar-refractivity contribution < 1.29 is 9.53 Å². The molecule has 0 aromatic carbocycles. The summed E-state index contributed by atoms with van der Waals surface area (Å²) in [5.41, 5.74) is 0. The normalized spacial score (nSPS) is 19.6. The number of esters is 1. The minimum absolute atomic E-state index is 0.153. The van der Waals surface area contributed by atoms with E-state index in [1.54, 1.807) is 0 Å². The summed E-state index contributed by atoms with van der Waals surface area (Å²) in [6.07, 6.45) is 2.80. The van der Waals surface area contributed by atoms with Crippen molar-refractivity contribution >= 4 is 11.8 Å². The summed E-state index contributed by atoms with van der Waals surface area (Å²) in [5, 5.41) is 3.15. The first kappa shape index (κ1) is 9.12. The molecule has 0 saturated heterocycles. The highest BCUT2D eigenvalue weighted by Crippen LogP contribution is 2.18. The number of ether oxygens (including phenoxy) is 1. The Kier molecular flexibility index (Phi) is 2.43. The fraction of sp³-hybridized carbons (Fsp3) is 0.500. The van der Waals surface area contributed by atoms with Crippen LogP contribution in [0.3, 0.4) is 0 Å². The Morgan fingerprint density at radius 3 is 3.43 bits per heavy atom. The van der Waals surface area contributed by atoms with E-state index in [1.807, 2.05) is 25.3 Å². The number of nitrogens with one attached hydrogen (secondary N) is 1. The topological polar surface area (TPSA) is 43.3 Å². The molecule has 4 nitrogen and oxygen atoms in total. The molecule has 0 bridgehead atoms. The predicted molar refractivity (Wildman–Crippen MR) is 53.1 cm³/mol. The molecule has 1 unspecified atom stereocenters. The zero-order valence-electron chi connectivity index (χ0n) is 8.19. The predicted octanol–water partition coefficient (Wildman–Crippen LogP) is 1.24. The zero-order valence-corrected chi connectivity index (χ0v) is 8.19. The van der Waals surface area contributed by atoms with E-state index in [1.165, 1.54) is 0 Å². The standard InChI is InChI=1S/C10H14N2O2/c1-2-14-10(13)8-5-7-12-6-3-4-9(12)11-8/h3-4,6,8,11H,2,5,7H2,1H3. The molecule has 76 valence electrons. The smallest absolute Gasteiger partial charge is 0.328 e. The Morgan fingerprint density at radius 1 is 1.79 bits per heavy atom. The number of aromatic nitrogens is 1. The molecule has 1 N–H and O–H groups in total. The molecule has 2 rings (SSSR count). The number of carbonyl (C=O) groups is 1. The Hall–Kier alpha value is -1.45. The number of anilines is 1. The molecule has 0 saturated carbocycles. The number of rotatable bonds is 2. The maximum absolute atomic E-state index is 11.4. The van der Waals surface area contributed by atoms with E-state index >= 15 is 0 Å². The summed E-state index contributed by atoms with van der Waals surface area (Å²) in [6.45, 7) is 3.14. The van der Waals surface area contributed by atoms with Crippen LogP contribution in [0.4, 0.5) is 5.82 Å². The molecule has 1 aliphatic heterocycles. The van der Waals surface area contributed by atoms with Gasteiger partial charge in [0, 0.05) is 12.7 Å². The third kappa shape index (κ3) is 1.60. The third-order valence-corrected chi connectivity index (χ3v) is 2.38. The van der Waals surface area contributed by atoms with E-state index in [-0.39, 0.29) is 12.0 Å². The Balaban J connectivity index is 2.04. The van der Waals surface area contributed by atoms with Crippen LogP contribution < -0.4 is 5.32 Å². The maximum atomic E-state index is 11.4. The van der Waals surface area contributed by atoms with E-state index in [4.69, 9.17) is 4.74 Å². The molecule has 1 aliphatic rings. The van der Waals surface area contributed by atoms with Crippen LogP contribution in [0.15, 0.2) is 18.3 Å². The molecular formula is C10H14N2O2. The van der Waals surface area contributed by atoms with Crippen molar-refractivity contribution in [3.63, 3.8) is 0 Å². The number of hydrogen-bond acceptors (Lipinski definition) is 3. The molecule has 2 heterocycles. The summed E-state index contributed by atoms with van der Waals surface area (Å²) < 4.78 is 7.06. The van der Waals surface area contributed by atoms with E-state index in [0.717, 1.165) is 18.8 Å². The fourth-order valence-electron chi connectivity index (χ4n) is 1.68. The number of fused-ring (bicyclic) bond motifs is 1. The van der Waals surface area contributed by atoms with Crippen molar-refractivity contribution in [3.05, 3.63) is 18.3 Å². The van der Waals surface area contributed by atoms with Crippen LogP contribution in [0.2, 0.25) is 0 Å². The van der Waals surface area contributed by atoms with E-state index in [2.05, 4.69) is 9.88 Å². The Labute approximate surface area is 82.9 Å². The molecule has 0 amide bonds. The lowest BCUT2D eigenvalue weighted by Gasteiger charge is -2.24. The van der Waals surface area contributed by atoms with Crippen molar-refractivity contribution in [1.29, 1.82) is 0 Å². The second kappa shape index (κ2) is 3.74. The first-order valence-electron chi connectivity index (χ1n) is 4.89. The lowest BCUT2D eigenvalue weighted by molar-refractivity contribution is -0.144. The van der Waals surface area contributed by atoms with Gasteiger partial charge < -0.3 is 14.6 Å². The molecule has 0 spiro atoms. The monoisotopic (exact) mass is 194 g/mol. The van der Waals surface area contributed by atoms with Crippen LogP contribution in [0.25, 0.3) is 0 Å². The second-order valence-corrected chi connectivity index (χ2v) is 3.32. The highest BCUT2D eigenvalue weighted by atomic mass is 16.5. The number of nitrogens with zero attached hydrogens (tertiary/aromatic N) is 1. The van der Waals surface area contributed by atoms with Crippen molar-refractivity contribution in [2.24, 2.45) is 0 Å². The van der Waals surface area contributed by atoms with Crippen LogP contribution in [0.1, 0.15) is 13.3 Å². The summed E-state index contributed by atoms with van der Waals surface area (Å²) in [6, 6.07) is 3.75. The van der Waals surface area contributed by atoms with Gasteiger partial charge in [0.05, 0.1) is 6.61 Å². The molecule has 0 radical (unpaired) electrons. The van der Waals surface area contributed by atoms with Gasteiger partial charge in [-0.25, -0.2) is 4.79 Å². The van der Waals surface area contributed by atoms with Crippen LogP contribution in [-0.4, -0.2) is 23.2 Å². The van der Waals surface area contributed by atoms with Gasteiger partial charge in [-0.15, -0.1) is 0 Å². The molecule has 14 heavy (non-hydrogen) atoms. The van der Waals surface area contributed by atoms with Gasteiger partial charge in [0.25, 0.3) is 0 Å². The minimum Gasteiger partial charge on any atom is -0.464 e. The Bertz CT molecular complexity index is 333. The molecule has 1 aromatic heterocycles. The van der Waals surface area contributed by atoms with E-state index in [9.17, 15) is 4.79 Å². The highest BCUT2D eigenvalue weighted by Gasteiger charge is 2.24. The van der Waals surface area contributed by atoms with E-state index < -0.39 is 0 Å². The van der Waals surface area contributed by atoms with E-state index in [0.29, 0.717) is 6.61 Å². The quantitative estimate of drug-likeness (QED) is 0.720. The largest absolute Gasteiger partial charge is 0.464 e. The maximum Gasteiger partial charge on any atom is 0.328 e. The summed E-state index contributed by atoms with van der Waals surface area (Å²) in [7, 11) is 0. The first-order valence-corrected chi connectivity index (χ1v) is 4.89. The Morgan fingerprint density at radius 2 is 2.64 bits per heavy atom. The summed E-state index contributed by atoms with van der Waals surface area (Å²) in [4.78, 5) is 11.4. The first-order chi connectivity index (χ1) is 6.81. The van der Waals surface area contributed by atoms with Crippen LogP contribution in [0.5, 0.6) is 0 Å². The fourth-order valence-corrected chi connectivity index (χ4v) is 1.68. The summed E-state index contributed by atoms with van der Waals surface area (Å²) in [5.74, 6) is 0.842. The zero-order chi connectivity index (χ0) is 9.97. The third-order valence-electron chi connectivity index (χ3n) is 2.38. The molecule has 4 heteroatoms. The molecule has 1 atom stereocenters. The number of hydrogen-bond donors (Lipinski definition) is 1. The second-order valence-electron chi connectivity index (χ2n) is 3.32. The van der Waals surface area contributed by atoms with Gasteiger partial charge in [0.15, 0.2) is 0 Å². The van der Waals surface area contributed by atoms with Crippen molar-refractivity contribution in [1.82, 2.24) is 4.57 Å². The molecular weight excluding hydrogens is 180 g/mol.